The third kappa shape index (κ3) is 5.55. The van der Waals surface area contributed by atoms with Gasteiger partial charge in [0.05, 0.1) is 51.0 Å². The Bertz CT molecular complexity index is 2460. The third-order valence-corrected chi connectivity index (χ3v) is 12.2. The van der Waals surface area contributed by atoms with Gasteiger partial charge in [0, 0.05) is 37.2 Å². The van der Waals surface area contributed by atoms with Gasteiger partial charge in [0.2, 0.25) is 23.6 Å². The lowest BCUT2D eigenvalue weighted by atomic mass is 9.49. The fourth-order valence-corrected chi connectivity index (χ4v) is 9.99. The van der Waals surface area contributed by atoms with Gasteiger partial charge in [0.15, 0.2) is 17.2 Å². The zero-order valence-corrected chi connectivity index (χ0v) is 32.2. The van der Waals surface area contributed by atoms with E-state index in [9.17, 15) is 34.9 Å². The number of nitro groups is 2. The molecule has 2 aliphatic carbocycles. The number of amides is 4. The number of nitrogens with zero attached hydrogens (tertiary/aromatic N) is 5. The van der Waals surface area contributed by atoms with Gasteiger partial charge in [-0.1, -0.05) is 65.7 Å². The average Bonchev–Trinajstić information content (AvgIpc) is 3.59. The molecule has 15 nitrogen and oxygen atoms in total. The van der Waals surface area contributed by atoms with E-state index in [1.165, 1.54) is 31.1 Å². The van der Waals surface area contributed by atoms with Gasteiger partial charge in [-0.3, -0.25) is 39.4 Å². The van der Waals surface area contributed by atoms with E-state index in [1.807, 2.05) is 6.08 Å². The second-order valence-corrected chi connectivity index (χ2v) is 15.4. The van der Waals surface area contributed by atoms with Crippen molar-refractivity contribution in [2.75, 3.05) is 35.4 Å². The first-order chi connectivity index (χ1) is 27.7. The highest BCUT2D eigenvalue weighted by molar-refractivity contribution is 6.32. The molecule has 2 saturated heterocycles. The molecule has 58 heavy (non-hydrogen) atoms. The van der Waals surface area contributed by atoms with Gasteiger partial charge in [-0.05, 0) is 67.1 Å². The van der Waals surface area contributed by atoms with Crippen molar-refractivity contribution in [1.29, 1.82) is 0 Å². The first-order valence-corrected chi connectivity index (χ1v) is 19.0. The van der Waals surface area contributed by atoms with Crippen LogP contribution < -0.4 is 19.4 Å². The van der Waals surface area contributed by atoms with E-state index in [0.717, 1.165) is 21.9 Å². The van der Waals surface area contributed by atoms with Gasteiger partial charge >= 0.3 is 11.4 Å². The van der Waals surface area contributed by atoms with Crippen molar-refractivity contribution in [3.63, 3.8) is 0 Å². The molecular formula is C42H36ClN5O10. The topological polar surface area (TPSA) is 194 Å². The Hall–Kier alpha value is -6.61. The van der Waals surface area contributed by atoms with E-state index in [0.29, 0.717) is 21.7 Å². The van der Waals surface area contributed by atoms with Crippen LogP contribution in [0.25, 0.3) is 0 Å². The minimum atomic E-state index is -1.59. The number of phenols is 1. The van der Waals surface area contributed by atoms with Crippen LogP contribution in [0.5, 0.6) is 11.5 Å². The van der Waals surface area contributed by atoms with Crippen molar-refractivity contribution in [2.24, 2.45) is 23.7 Å². The number of phenolic OH excluding ortho intramolecular Hbond substituents is 1. The predicted octanol–water partition coefficient (Wildman–Crippen LogP) is 6.69. The van der Waals surface area contributed by atoms with Crippen LogP contribution in [0, 0.1) is 43.9 Å². The maximum Gasteiger partial charge on any atom is 0.301 e. The number of carbonyl (C=O) groups excluding carboxylic acids is 4. The van der Waals surface area contributed by atoms with E-state index in [-0.39, 0.29) is 48.0 Å². The predicted molar refractivity (Wildman–Crippen MR) is 212 cm³/mol. The van der Waals surface area contributed by atoms with Crippen LogP contribution in [0.15, 0.2) is 96.6 Å². The number of hydrogen-bond acceptors (Lipinski definition) is 11. The molecule has 4 aromatic carbocycles. The molecule has 4 aromatic rings. The number of halogens is 1. The molecule has 8 rings (SSSR count). The monoisotopic (exact) mass is 805 g/mol. The SMILES string of the molecule is CCOc1cc(C2C3=CCC4C(=O)N(c5cc([N+](=O)[O-])c(N(C)C)c([N+](=O)[O-])c5)C(=O)C4C3CC3C(=O)N(c4cccc(Cl)c4)C(=O)C32c2ccccc2)ccc1O. The second-order valence-electron chi connectivity index (χ2n) is 15.0. The molecule has 1 N–H and O–H groups in total. The lowest BCUT2D eigenvalue weighted by molar-refractivity contribution is -0.392. The van der Waals surface area contributed by atoms with Crippen LogP contribution >= 0.6 is 11.6 Å². The molecule has 6 atom stereocenters. The van der Waals surface area contributed by atoms with Crippen molar-refractivity contribution in [3.05, 3.63) is 133 Å². The van der Waals surface area contributed by atoms with E-state index >= 15 is 9.59 Å². The minimum absolute atomic E-state index is 0.0279. The fourth-order valence-electron chi connectivity index (χ4n) is 9.81. The molecule has 1 saturated carbocycles. The highest BCUT2D eigenvalue weighted by Crippen LogP contribution is 2.65. The molecule has 4 amide bonds. The molecule has 2 aliphatic heterocycles. The van der Waals surface area contributed by atoms with Gasteiger partial charge in [0.25, 0.3) is 0 Å². The summed E-state index contributed by atoms with van der Waals surface area (Å²) in [4.78, 5) is 85.7. The number of fused-ring (bicyclic) bond motifs is 4. The summed E-state index contributed by atoms with van der Waals surface area (Å²) in [5, 5.41) is 35.6. The van der Waals surface area contributed by atoms with E-state index < -0.39 is 79.9 Å². The van der Waals surface area contributed by atoms with Crippen LogP contribution in [-0.2, 0) is 24.6 Å². The normalized spacial score (nSPS) is 24.9. The van der Waals surface area contributed by atoms with Crippen LogP contribution in [-0.4, -0.2) is 59.3 Å². The van der Waals surface area contributed by atoms with Crippen molar-refractivity contribution >= 4 is 63.7 Å². The number of rotatable bonds is 9. The Kier molecular flexibility index (Phi) is 9.30. The van der Waals surface area contributed by atoms with Crippen molar-refractivity contribution in [1.82, 2.24) is 0 Å². The van der Waals surface area contributed by atoms with E-state index in [2.05, 4.69) is 0 Å². The molecule has 2 heterocycles. The average molecular weight is 806 g/mol. The van der Waals surface area contributed by atoms with Gasteiger partial charge < -0.3 is 14.7 Å². The van der Waals surface area contributed by atoms with Crippen LogP contribution in [0.3, 0.4) is 0 Å². The molecule has 4 aliphatic rings. The standard InChI is InChI=1S/C42H36ClN5O10/c1-4-58-34-17-22(13-16-33(34)49)36-27-14-15-28-35(40(52)45(38(28)50)26-19-31(47(54)55)37(44(2)3)32(20-26)48(56)57)29(27)21-30-39(51)46(25-12-8-11-24(43)18-25)41(53)42(30,36)23-9-6-5-7-10-23/h5-14,16-20,28-30,35-36,49H,4,15,21H2,1-3H3. The number of ether oxygens (including phenoxy) is 1. The third-order valence-electron chi connectivity index (χ3n) is 11.9. The minimum Gasteiger partial charge on any atom is -0.504 e. The molecule has 296 valence electrons. The highest BCUT2D eigenvalue weighted by atomic mass is 35.5. The number of hydrogen-bond donors (Lipinski definition) is 1. The number of aromatic hydroxyl groups is 1. The summed E-state index contributed by atoms with van der Waals surface area (Å²) >= 11 is 6.40. The van der Waals surface area contributed by atoms with E-state index in [4.69, 9.17) is 16.3 Å². The number of imide groups is 2. The zero-order chi connectivity index (χ0) is 41.4. The smallest absolute Gasteiger partial charge is 0.301 e. The summed E-state index contributed by atoms with van der Waals surface area (Å²) in [6.07, 6.45) is 1.82. The molecular weight excluding hydrogens is 770 g/mol. The number of benzene rings is 4. The molecule has 3 fully saturated rings. The van der Waals surface area contributed by atoms with E-state index in [1.54, 1.807) is 67.6 Å². The van der Waals surface area contributed by atoms with Crippen LogP contribution in [0.1, 0.15) is 36.8 Å². The summed E-state index contributed by atoms with van der Waals surface area (Å²) in [6.45, 7) is 1.96. The summed E-state index contributed by atoms with van der Waals surface area (Å²) in [5.74, 6) is -7.40. The Balaban J connectivity index is 1.34. The van der Waals surface area contributed by atoms with Gasteiger partial charge in [0.1, 0.15) is 0 Å². The number of carbonyl (C=O) groups is 4. The maximum atomic E-state index is 15.5. The van der Waals surface area contributed by atoms with Gasteiger partial charge in [-0.25, -0.2) is 9.80 Å². The first-order valence-electron chi connectivity index (χ1n) is 18.6. The highest BCUT2D eigenvalue weighted by Gasteiger charge is 2.70. The largest absolute Gasteiger partial charge is 0.504 e. The quantitative estimate of drug-likeness (QED) is 0.0819. The number of anilines is 3. The molecule has 0 spiro atoms. The summed E-state index contributed by atoms with van der Waals surface area (Å²) in [7, 11) is 2.82. The number of allylic oxidation sites excluding steroid dienone is 2. The van der Waals surface area contributed by atoms with Gasteiger partial charge in [-0.15, -0.1) is 0 Å². The fraction of sp³-hybridized carbons (Fsp3) is 0.286. The second kappa shape index (κ2) is 14.1. The molecule has 0 bridgehead atoms. The van der Waals surface area contributed by atoms with Crippen molar-refractivity contribution < 1.29 is 38.9 Å². The van der Waals surface area contributed by atoms with Gasteiger partial charge in [-0.2, -0.15) is 0 Å². The first kappa shape index (κ1) is 38.3. The summed E-state index contributed by atoms with van der Waals surface area (Å²) in [6, 6.07) is 22.0. The summed E-state index contributed by atoms with van der Waals surface area (Å²) < 4.78 is 5.79. The molecule has 0 radical (unpaired) electrons. The number of nitro benzene ring substituents is 2. The molecule has 16 heteroatoms. The Morgan fingerprint density at radius 1 is 0.845 bits per heavy atom. The Labute approximate surface area is 336 Å². The summed E-state index contributed by atoms with van der Waals surface area (Å²) in [5.41, 5.74) is -1.62. The zero-order valence-electron chi connectivity index (χ0n) is 31.4. The lowest BCUT2D eigenvalue weighted by Crippen LogP contribution is -2.53. The molecule has 6 unspecified atom stereocenters. The Morgan fingerprint density at radius 2 is 1.53 bits per heavy atom. The lowest BCUT2D eigenvalue weighted by Gasteiger charge is -2.50. The van der Waals surface area contributed by atoms with Crippen molar-refractivity contribution in [2.45, 2.75) is 31.1 Å². The maximum absolute atomic E-state index is 15.5. The van der Waals surface area contributed by atoms with Crippen molar-refractivity contribution in [3.8, 4) is 11.5 Å². The Morgan fingerprint density at radius 3 is 2.16 bits per heavy atom. The van der Waals surface area contributed by atoms with Crippen LogP contribution in [0.2, 0.25) is 5.02 Å². The molecule has 0 aromatic heterocycles. The van der Waals surface area contributed by atoms with Crippen LogP contribution in [0.4, 0.5) is 28.4 Å².